The van der Waals surface area contributed by atoms with Crippen molar-refractivity contribution in [3.63, 3.8) is 0 Å². The summed E-state index contributed by atoms with van der Waals surface area (Å²) in [7, 11) is 1.41. The van der Waals surface area contributed by atoms with Crippen LogP contribution in [0.3, 0.4) is 0 Å². The maximum Gasteiger partial charge on any atom is 0.252 e. The molecule has 0 atom stereocenters. The van der Waals surface area contributed by atoms with E-state index in [1.807, 2.05) is 0 Å². The van der Waals surface area contributed by atoms with Gasteiger partial charge in [0.15, 0.2) is 0 Å². The summed E-state index contributed by atoms with van der Waals surface area (Å²) < 4.78 is 13.9. The van der Waals surface area contributed by atoms with Gasteiger partial charge in [-0.25, -0.2) is 4.39 Å². The highest BCUT2D eigenvalue weighted by Gasteiger charge is 2.13. The number of halogens is 2. The average Bonchev–Trinajstić information content (AvgIpc) is 2.19. The number of aliphatic hydroxyl groups excluding tert-OH is 1. The number of amides is 1. The fourth-order valence-corrected chi connectivity index (χ4v) is 1.33. The van der Waals surface area contributed by atoms with E-state index in [0.29, 0.717) is 4.47 Å². The van der Waals surface area contributed by atoms with Crippen molar-refractivity contribution in [3.8, 4) is 0 Å². The van der Waals surface area contributed by atoms with E-state index in [1.165, 1.54) is 25.2 Å². The lowest BCUT2D eigenvalue weighted by molar-refractivity contribution is -0.121. The van der Waals surface area contributed by atoms with E-state index in [9.17, 15) is 9.18 Å². The molecule has 0 aliphatic heterocycles. The molecule has 3 nitrogen and oxygen atoms in total. The standard InChI is InChI=1S/C9H9BrFNO2/c1-12(9(14)5-13)8-4-6(10)2-3-7(8)11/h2-4,13H,5H2,1H3. The molecule has 0 radical (unpaired) electrons. The third kappa shape index (κ3) is 2.30. The van der Waals surface area contributed by atoms with Gasteiger partial charge in [0.1, 0.15) is 12.4 Å². The summed E-state index contributed by atoms with van der Waals surface area (Å²) in [5.41, 5.74) is 0.137. The Morgan fingerprint density at radius 1 is 1.64 bits per heavy atom. The third-order valence-electron chi connectivity index (χ3n) is 1.78. The predicted molar refractivity (Wildman–Crippen MR) is 54.6 cm³/mol. The zero-order chi connectivity index (χ0) is 10.7. The van der Waals surface area contributed by atoms with E-state index in [0.717, 1.165) is 4.90 Å². The van der Waals surface area contributed by atoms with Gasteiger partial charge in [0.05, 0.1) is 5.69 Å². The highest BCUT2D eigenvalue weighted by Crippen LogP contribution is 2.22. The van der Waals surface area contributed by atoms with Crippen LogP contribution in [0, 0.1) is 5.82 Å². The number of rotatable bonds is 2. The Balaban J connectivity index is 3.05. The molecule has 1 rings (SSSR count). The molecule has 1 aromatic carbocycles. The van der Waals surface area contributed by atoms with Crippen LogP contribution in [0.4, 0.5) is 10.1 Å². The molecule has 0 aliphatic rings. The van der Waals surface area contributed by atoms with Crippen LogP contribution in [0.5, 0.6) is 0 Å². The first-order valence-electron chi connectivity index (χ1n) is 3.88. The molecule has 0 aliphatic carbocycles. The SMILES string of the molecule is CN(C(=O)CO)c1cc(Br)ccc1F. The third-order valence-corrected chi connectivity index (χ3v) is 2.27. The lowest BCUT2D eigenvalue weighted by Crippen LogP contribution is -2.29. The van der Waals surface area contributed by atoms with Crippen molar-refractivity contribution in [1.82, 2.24) is 0 Å². The van der Waals surface area contributed by atoms with Gasteiger partial charge in [-0.05, 0) is 18.2 Å². The van der Waals surface area contributed by atoms with Gasteiger partial charge in [-0.2, -0.15) is 0 Å². The minimum Gasteiger partial charge on any atom is -0.387 e. The summed E-state index contributed by atoms with van der Waals surface area (Å²) in [6.07, 6.45) is 0. The Morgan fingerprint density at radius 2 is 2.29 bits per heavy atom. The molecule has 14 heavy (non-hydrogen) atoms. The quantitative estimate of drug-likeness (QED) is 0.878. The minimum atomic E-state index is -0.636. The molecule has 1 N–H and O–H groups in total. The molecule has 1 aromatic rings. The Labute approximate surface area is 89.3 Å². The lowest BCUT2D eigenvalue weighted by atomic mass is 10.3. The van der Waals surface area contributed by atoms with E-state index >= 15 is 0 Å². The monoisotopic (exact) mass is 261 g/mol. The van der Waals surface area contributed by atoms with Gasteiger partial charge in [0.2, 0.25) is 0 Å². The number of hydrogen-bond acceptors (Lipinski definition) is 2. The van der Waals surface area contributed by atoms with Crippen molar-refractivity contribution in [1.29, 1.82) is 0 Å². The van der Waals surface area contributed by atoms with Crippen molar-refractivity contribution in [2.24, 2.45) is 0 Å². The van der Waals surface area contributed by atoms with Gasteiger partial charge in [0.25, 0.3) is 5.91 Å². The zero-order valence-corrected chi connectivity index (χ0v) is 9.08. The normalized spacial score (nSPS) is 10.0. The maximum absolute atomic E-state index is 13.2. The smallest absolute Gasteiger partial charge is 0.252 e. The van der Waals surface area contributed by atoms with E-state index < -0.39 is 18.3 Å². The zero-order valence-electron chi connectivity index (χ0n) is 7.50. The molecule has 0 saturated heterocycles. The van der Waals surface area contributed by atoms with Gasteiger partial charge >= 0.3 is 0 Å². The highest BCUT2D eigenvalue weighted by atomic mass is 79.9. The number of carbonyl (C=O) groups is 1. The van der Waals surface area contributed by atoms with Crippen molar-refractivity contribution in [2.75, 3.05) is 18.6 Å². The van der Waals surface area contributed by atoms with Gasteiger partial charge in [-0.1, -0.05) is 15.9 Å². The van der Waals surface area contributed by atoms with E-state index in [2.05, 4.69) is 15.9 Å². The number of nitrogens with zero attached hydrogens (tertiary/aromatic N) is 1. The molecule has 0 bridgehead atoms. The number of aliphatic hydroxyl groups is 1. The second-order valence-electron chi connectivity index (χ2n) is 2.71. The summed E-state index contributed by atoms with van der Waals surface area (Å²) in [6, 6.07) is 4.26. The molecule has 0 aromatic heterocycles. The number of hydrogen-bond donors (Lipinski definition) is 1. The van der Waals surface area contributed by atoms with Crippen molar-refractivity contribution < 1.29 is 14.3 Å². The number of likely N-dealkylation sites (N-methyl/N-ethyl adjacent to an activating group) is 1. The average molecular weight is 262 g/mol. The van der Waals surface area contributed by atoms with Crippen LogP contribution < -0.4 is 4.90 Å². The van der Waals surface area contributed by atoms with Crippen LogP contribution >= 0.6 is 15.9 Å². The van der Waals surface area contributed by atoms with Gasteiger partial charge in [-0.15, -0.1) is 0 Å². The number of carbonyl (C=O) groups excluding carboxylic acids is 1. The number of benzene rings is 1. The van der Waals surface area contributed by atoms with Gasteiger partial charge in [0, 0.05) is 11.5 Å². The van der Waals surface area contributed by atoms with E-state index in [1.54, 1.807) is 0 Å². The molecule has 1 amide bonds. The molecule has 5 heteroatoms. The summed E-state index contributed by atoms with van der Waals surface area (Å²) >= 11 is 3.17. The van der Waals surface area contributed by atoms with Crippen LogP contribution in [0.2, 0.25) is 0 Å². The largest absolute Gasteiger partial charge is 0.387 e. The second kappa shape index (κ2) is 4.52. The van der Waals surface area contributed by atoms with Crippen molar-refractivity contribution >= 4 is 27.5 Å². The molecule has 0 heterocycles. The molecule has 76 valence electrons. The van der Waals surface area contributed by atoms with Crippen LogP contribution in [-0.2, 0) is 4.79 Å². The fourth-order valence-electron chi connectivity index (χ4n) is 0.983. The van der Waals surface area contributed by atoms with Crippen LogP contribution in [-0.4, -0.2) is 24.7 Å². The summed E-state index contributed by atoms with van der Waals surface area (Å²) in [6.45, 7) is -0.636. The van der Waals surface area contributed by atoms with Gasteiger partial charge in [-0.3, -0.25) is 4.79 Å². The Hall–Kier alpha value is -0.940. The minimum absolute atomic E-state index is 0.137. The molecule has 0 saturated carbocycles. The molecule has 0 fully saturated rings. The van der Waals surface area contributed by atoms with Crippen LogP contribution in [0.1, 0.15) is 0 Å². The first-order chi connectivity index (χ1) is 6.56. The molecule has 0 unspecified atom stereocenters. The second-order valence-corrected chi connectivity index (χ2v) is 3.62. The van der Waals surface area contributed by atoms with Crippen LogP contribution in [0.15, 0.2) is 22.7 Å². The maximum atomic E-state index is 13.2. The summed E-state index contributed by atoms with van der Waals surface area (Å²) in [4.78, 5) is 12.1. The first kappa shape index (κ1) is 11.1. The van der Waals surface area contributed by atoms with Gasteiger partial charge < -0.3 is 10.0 Å². The highest BCUT2D eigenvalue weighted by molar-refractivity contribution is 9.10. The fraction of sp³-hybridized carbons (Fsp3) is 0.222. The first-order valence-corrected chi connectivity index (χ1v) is 4.68. The van der Waals surface area contributed by atoms with Crippen molar-refractivity contribution in [2.45, 2.75) is 0 Å². The Morgan fingerprint density at radius 3 is 2.86 bits per heavy atom. The topological polar surface area (TPSA) is 40.5 Å². The lowest BCUT2D eigenvalue weighted by Gasteiger charge is -2.16. The van der Waals surface area contributed by atoms with Crippen LogP contribution in [0.25, 0.3) is 0 Å². The number of anilines is 1. The van der Waals surface area contributed by atoms with Crippen molar-refractivity contribution in [3.05, 3.63) is 28.5 Å². The Kier molecular flexibility index (Phi) is 3.60. The van der Waals surface area contributed by atoms with E-state index in [-0.39, 0.29) is 5.69 Å². The van der Waals surface area contributed by atoms with E-state index in [4.69, 9.17) is 5.11 Å². The molecular weight excluding hydrogens is 253 g/mol. The molecule has 0 spiro atoms. The summed E-state index contributed by atoms with van der Waals surface area (Å²) in [5.74, 6) is -1.06. The summed E-state index contributed by atoms with van der Waals surface area (Å²) in [5, 5.41) is 8.60. The Bertz CT molecular complexity index is 357. The predicted octanol–water partition coefficient (Wildman–Crippen LogP) is 1.54. The molecular formula is C9H9BrFNO2.